The van der Waals surface area contributed by atoms with Gasteiger partial charge in [-0.05, 0) is 42.0 Å². The Kier molecular flexibility index (Phi) is 6.05. The Labute approximate surface area is 200 Å². The summed E-state index contributed by atoms with van der Waals surface area (Å²) in [5, 5.41) is 1.00. The Balaban J connectivity index is 1.36. The van der Waals surface area contributed by atoms with Gasteiger partial charge in [0.15, 0.2) is 5.82 Å². The topological polar surface area (TPSA) is 49.3 Å². The minimum atomic E-state index is -0.292. The summed E-state index contributed by atoms with van der Waals surface area (Å²) in [7, 11) is 0. The Morgan fingerprint density at radius 3 is 2.42 bits per heavy atom. The van der Waals surface area contributed by atoms with E-state index in [9.17, 15) is 9.18 Å². The van der Waals surface area contributed by atoms with Gasteiger partial charge >= 0.3 is 0 Å². The molecule has 1 saturated heterocycles. The standard InChI is InChI=1S/C26H22BrFN4O/c27-20-5-3-4-19(17-20)25-29-23-7-2-1-6-22(23)26(30-25)32-14-12-31(13-15-32)24(33)16-18-8-10-21(28)11-9-18/h1-11,17H,12-16H2. The first-order chi connectivity index (χ1) is 16.1. The van der Waals surface area contributed by atoms with Crippen molar-refractivity contribution >= 4 is 38.6 Å². The number of benzene rings is 3. The van der Waals surface area contributed by atoms with Gasteiger partial charge in [-0.1, -0.05) is 52.3 Å². The Morgan fingerprint density at radius 2 is 1.67 bits per heavy atom. The van der Waals surface area contributed by atoms with Crippen molar-refractivity contribution in [1.29, 1.82) is 0 Å². The summed E-state index contributed by atoms with van der Waals surface area (Å²) < 4.78 is 14.1. The predicted molar refractivity (Wildman–Crippen MR) is 132 cm³/mol. The van der Waals surface area contributed by atoms with E-state index in [1.54, 1.807) is 12.1 Å². The number of aromatic nitrogens is 2. The van der Waals surface area contributed by atoms with Crippen LogP contribution in [0.3, 0.4) is 0 Å². The number of halogens is 2. The zero-order valence-corrected chi connectivity index (χ0v) is 19.5. The average molecular weight is 505 g/mol. The third-order valence-corrected chi connectivity index (χ3v) is 6.36. The highest BCUT2D eigenvalue weighted by atomic mass is 79.9. The number of para-hydroxylation sites is 1. The van der Waals surface area contributed by atoms with Crippen LogP contribution in [0.15, 0.2) is 77.3 Å². The van der Waals surface area contributed by atoms with Gasteiger partial charge in [-0.3, -0.25) is 4.79 Å². The molecule has 5 nitrogen and oxygen atoms in total. The average Bonchev–Trinajstić information content (AvgIpc) is 2.85. The molecule has 1 fully saturated rings. The number of hydrogen-bond donors (Lipinski definition) is 0. The van der Waals surface area contributed by atoms with E-state index in [0.717, 1.165) is 32.3 Å². The van der Waals surface area contributed by atoms with Crippen LogP contribution in [0.5, 0.6) is 0 Å². The van der Waals surface area contributed by atoms with Gasteiger partial charge in [0.2, 0.25) is 5.91 Å². The first-order valence-corrected chi connectivity index (χ1v) is 11.7. The van der Waals surface area contributed by atoms with Crippen LogP contribution in [0.2, 0.25) is 0 Å². The molecule has 0 bridgehead atoms. The van der Waals surface area contributed by atoms with Crippen LogP contribution < -0.4 is 4.90 Å². The van der Waals surface area contributed by atoms with Crippen molar-refractivity contribution in [3.63, 3.8) is 0 Å². The highest BCUT2D eigenvalue weighted by molar-refractivity contribution is 9.10. The normalized spacial score (nSPS) is 14.0. The Bertz CT molecular complexity index is 1300. The molecule has 0 N–H and O–H groups in total. The lowest BCUT2D eigenvalue weighted by Gasteiger charge is -2.36. The number of fused-ring (bicyclic) bond motifs is 1. The second kappa shape index (κ2) is 9.27. The fourth-order valence-corrected chi connectivity index (χ4v) is 4.51. The van der Waals surface area contributed by atoms with Gasteiger partial charge in [-0.2, -0.15) is 0 Å². The van der Waals surface area contributed by atoms with E-state index in [1.807, 2.05) is 53.4 Å². The summed E-state index contributed by atoms with van der Waals surface area (Å²) in [4.78, 5) is 26.6. The minimum Gasteiger partial charge on any atom is -0.352 e. The molecule has 2 heterocycles. The van der Waals surface area contributed by atoms with Gasteiger partial charge in [0, 0.05) is 41.6 Å². The van der Waals surface area contributed by atoms with Crippen LogP contribution in [0.4, 0.5) is 10.2 Å². The fourth-order valence-electron chi connectivity index (χ4n) is 4.11. The molecule has 0 aliphatic carbocycles. The predicted octanol–water partition coefficient (Wildman–Crippen LogP) is 5.09. The van der Waals surface area contributed by atoms with E-state index in [-0.39, 0.29) is 18.1 Å². The number of carbonyl (C=O) groups excluding carboxylic acids is 1. The Morgan fingerprint density at radius 1 is 0.909 bits per heavy atom. The third-order valence-electron chi connectivity index (χ3n) is 5.87. The number of anilines is 1. The van der Waals surface area contributed by atoms with Crippen molar-refractivity contribution in [2.45, 2.75) is 6.42 Å². The second-order valence-electron chi connectivity index (χ2n) is 8.07. The molecule has 0 atom stereocenters. The summed E-state index contributed by atoms with van der Waals surface area (Å²) in [6.07, 6.45) is 0.281. The van der Waals surface area contributed by atoms with Gasteiger partial charge in [0.25, 0.3) is 0 Å². The molecule has 0 unspecified atom stereocenters. The molecule has 4 aromatic rings. The number of carbonyl (C=O) groups is 1. The molecule has 0 spiro atoms. The number of piperazine rings is 1. The number of nitrogens with zero attached hydrogens (tertiary/aromatic N) is 4. The molecule has 7 heteroatoms. The van der Waals surface area contributed by atoms with Crippen LogP contribution in [-0.2, 0) is 11.2 Å². The van der Waals surface area contributed by atoms with E-state index >= 15 is 0 Å². The molecular formula is C26H22BrFN4O. The third kappa shape index (κ3) is 4.73. The van der Waals surface area contributed by atoms with Crippen molar-refractivity contribution in [2.75, 3.05) is 31.1 Å². The van der Waals surface area contributed by atoms with Crippen LogP contribution in [0, 0.1) is 5.82 Å². The largest absolute Gasteiger partial charge is 0.352 e. The highest BCUT2D eigenvalue weighted by Gasteiger charge is 2.24. The maximum atomic E-state index is 13.1. The quantitative estimate of drug-likeness (QED) is 0.388. The number of rotatable bonds is 4. The number of amides is 1. The lowest BCUT2D eigenvalue weighted by molar-refractivity contribution is -0.130. The fraction of sp³-hybridized carbons (Fsp3) is 0.192. The molecule has 1 amide bonds. The van der Waals surface area contributed by atoms with Crippen molar-refractivity contribution in [1.82, 2.24) is 14.9 Å². The Hall–Kier alpha value is -3.32. The van der Waals surface area contributed by atoms with Crippen LogP contribution in [-0.4, -0.2) is 47.0 Å². The highest BCUT2D eigenvalue weighted by Crippen LogP contribution is 2.29. The summed E-state index contributed by atoms with van der Waals surface area (Å²) in [5.41, 5.74) is 2.67. The maximum Gasteiger partial charge on any atom is 0.227 e. The van der Waals surface area contributed by atoms with Gasteiger partial charge in [0.05, 0.1) is 11.9 Å². The van der Waals surface area contributed by atoms with Crippen LogP contribution in [0.25, 0.3) is 22.3 Å². The van der Waals surface area contributed by atoms with Crippen molar-refractivity contribution < 1.29 is 9.18 Å². The molecule has 0 radical (unpaired) electrons. The summed E-state index contributed by atoms with van der Waals surface area (Å²) in [5.74, 6) is 1.34. The second-order valence-corrected chi connectivity index (χ2v) is 8.99. The van der Waals surface area contributed by atoms with Crippen LogP contribution in [0.1, 0.15) is 5.56 Å². The van der Waals surface area contributed by atoms with Crippen molar-refractivity contribution in [2.24, 2.45) is 0 Å². The van der Waals surface area contributed by atoms with E-state index in [0.29, 0.717) is 32.0 Å². The smallest absolute Gasteiger partial charge is 0.227 e. The van der Waals surface area contributed by atoms with Crippen LogP contribution >= 0.6 is 15.9 Å². The molecule has 33 heavy (non-hydrogen) atoms. The van der Waals surface area contributed by atoms with E-state index in [1.165, 1.54) is 12.1 Å². The zero-order chi connectivity index (χ0) is 22.8. The molecule has 1 aliphatic rings. The maximum absolute atomic E-state index is 13.1. The van der Waals surface area contributed by atoms with Gasteiger partial charge in [-0.15, -0.1) is 0 Å². The molecule has 3 aromatic carbocycles. The van der Waals surface area contributed by atoms with Gasteiger partial charge < -0.3 is 9.80 Å². The molecule has 0 saturated carbocycles. The van der Waals surface area contributed by atoms with Crippen molar-refractivity contribution in [3.8, 4) is 11.4 Å². The van der Waals surface area contributed by atoms with Gasteiger partial charge in [-0.25, -0.2) is 14.4 Å². The van der Waals surface area contributed by atoms with Crippen molar-refractivity contribution in [3.05, 3.63) is 88.6 Å². The van der Waals surface area contributed by atoms with E-state index in [2.05, 4.69) is 20.8 Å². The summed E-state index contributed by atoms with van der Waals surface area (Å²) in [6, 6.07) is 22.1. The number of hydrogen-bond acceptors (Lipinski definition) is 4. The lowest BCUT2D eigenvalue weighted by atomic mass is 10.1. The molecule has 5 rings (SSSR count). The molecule has 1 aromatic heterocycles. The zero-order valence-electron chi connectivity index (χ0n) is 17.9. The molecule has 166 valence electrons. The van der Waals surface area contributed by atoms with E-state index in [4.69, 9.17) is 9.97 Å². The monoisotopic (exact) mass is 504 g/mol. The molecular weight excluding hydrogens is 483 g/mol. The first-order valence-electron chi connectivity index (χ1n) is 10.9. The van der Waals surface area contributed by atoms with E-state index < -0.39 is 0 Å². The SMILES string of the molecule is O=C(Cc1ccc(F)cc1)N1CCN(c2nc(-c3cccc(Br)c3)nc3ccccc23)CC1. The molecule has 1 aliphatic heterocycles. The summed E-state index contributed by atoms with van der Waals surface area (Å²) >= 11 is 3.53. The minimum absolute atomic E-state index is 0.0589. The lowest BCUT2D eigenvalue weighted by Crippen LogP contribution is -2.49. The summed E-state index contributed by atoms with van der Waals surface area (Å²) in [6.45, 7) is 2.61. The first kappa shape index (κ1) is 21.5. The van der Waals surface area contributed by atoms with Gasteiger partial charge in [0.1, 0.15) is 11.6 Å².